The molecule has 0 N–H and O–H groups in total. The Morgan fingerprint density at radius 2 is 2.50 bits per heavy atom. The van der Waals surface area contributed by atoms with Crippen LogP contribution >= 0.6 is 0 Å². The molecule has 2 heteroatoms. The summed E-state index contributed by atoms with van der Waals surface area (Å²) in [5.41, 5.74) is 0. The smallest absolute Gasteiger partial charge is 0.184 e. The average molecular weight is 112 g/mol. The summed E-state index contributed by atoms with van der Waals surface area (Å²) in [7, 11) is 3.68. The molecule has 1 heterocycles. The highest BCUT2D eigenvalue weighted by atomic mass is 16.5. The van der Waals surface area contributed by atoms with Crippen molar-refractivity contribution in [2.75, 3.05) is 20.7 Å². The number of nitrogens with zero attached hydrogens (tertiary/aromatic N) is 1. The van der Waals surface area contributed by atoms with Gasteiger partial charge in [0.15, 0.2) is 5.88 Å². The molecule has 0 spiro atoms. The maximum absolute atomic E-state index is 4.98. The van der Waals surface area contributed by atoms with Crippen LogP contribution in [0, 0.1) is 6.42 Å². The van der Waals surface area contributed by atoms with Crippen LogP contribution in [0.5, 0.6) is 0 Å². The van der Waals surface area contributed by atoms with Crippen LogP contribution in [-0.4, -0.2) is 25.6 Å². The molecule has 1 aliphatic heterocycles. The van der Waals surface area contributed by atoms with Gasteiger partial charge in [-0.2, -0.15) is 0 Å². The van der Waals surface area contributed by atoms with Gasteiger partial charge < -0.3 is 9.64 Å². The van der Waals surface area contributed by atoms with Crippen LogP contribution in [0.1, 0.15) is 0 Å². The maximum Gasteiger partial charge on any atom is 0.184 e. The first-order valence-electron chi connectivity index (χ1n) is 2.63. The molecule has 0 aromatic rings. The molecule has 1 radical (unpaired) electrons. The standard InChI is InChI=1S/C6H10NO/c1-7-5-3-4-6(7)8-2/h3-4H,5H2,1-2H3. The number of ether oxygens (including phenoxy) is 1. The normalized spacial score (nSPS) is 18.8. The number of methoxy groups -OCH3 is 1. The second-order valence-corrected chi connectivity index (χ2v) is 1.83. The second-order valence-electron chi connectivity index (χ2n) is 1.83. The van der Waals surface area contributed by atoms with Crippen LogP contribution in [0.25, 0.3) is 0 Å². The van der Waals surface area contributed by atoms with Crippen molar-refractivity contribution in [3.8, 4) is 0 Å². The average Bonchev–Trinajstić information content (AvgIpc) is 2.14. The Hall–Kier alpha value is -0.660. The Labute approximate surface area is 49.7 Å². The van der Waals surface area contributed by atoms with Crippen molar-refractivity contribution in [1.29, 1.82) is 0 Å². The minimum absolute atomic E-state index is 0.949. The lowest BCUT2D eigenvalue weighted by Crippen LogP contribution is -2.13. The van der Waals surface area contributed by atoms with Crippen molar-refractivity contribution in [3.63, 3.8) is 0 Å². The summed E-state index contributed by atoms with van der Waals surface area (Å²) < 4.78 is 4.98. The van der Waals surface area contributed by atoms with E-state index in [2.05, 4.69) is 6.42 Å². The molecule has 1 rings (SSSR count). The molecule has 0 aromatic carbocycles. The zero-order chi connectivity index (χ0) is 5.98. The summed E-state index contributed by atoms with van der Waals surface area (Å²) in [6.45, 7) is 0.975. The monoisotopic (exact) mass is 112 g/mol. The maximum atomic E-state index is 4.98. The van der Waals surface area contributed by atoms with E-state index in [0.29, 0.717) is 0 Å². The van der Waals surface area contributed by atoms with Gasteiger partial charge in [-0.1, -0.05) is 0 Å². The highest BCUT2D eigenvalue weighted by Crippen LogP contribution is 2.10. The molecule has 0 aromatic heterocycles. The highest BCUT2D eigenvalue weighted by Gasteiger charge is 2.08. The third-order valence-electron chi connectivity index (χ3n) is 1.23. The summed E-state index contributed by atoms with van der Waals surface area (Å²) in [5.74, 6) is 0.949. The van der Waals surface area contributed by atoms with Crippen molar-refractivity contribution < 1.29 is 4.74 Å². The molecule has 45 valence electrons. The molecule has 8 heavy (non-hydrogen) atoms. The second kappa shape index (κ2) is 2.07. The van der Waals surface area contributed by atoms with E-state index in [0.717, 1.165) is 12.4 Å². The number of rotatable bonds is 1. The van der Waals surface area contributed by atoms with Crippen LogP contribution < -0.4 is 0 Å². The van der Waals surface area contributed by atoms with Crippen LogP contribution in [-0.2, 0) is 4.74 Å². The lowest BCUT2D eigenvalue weighted by Gasteiger charge is -2.12. The van der Waals surface area contributed by atoms with Crippen LogP contribution in [0.15, 0.2) is 12.0 Å². The molecule has 1 aliphatic rings. The fourth-order valence-corrected chi connectivity index (χ4v) is 0.753. The SMILES string of the molecule is COC1=C[CH]CN1C. The van der Waals surface area contributed by atoms with Crippen molar-refractivity contribution >= 4 is 0 Å². The van der Waals surface area contributed by atoms with E-state index in [1.165, 1.54) is 0 Å². The van der Waals surface area contributed by atoms with Gasteiger partial charge in [-0.3, -0.25) is 0 Å². The summed E-state index contributed by atoms with van der Waals surface area (Å²) in [6, 6.07) is 0. The van der Waals surface area contributed by atoms with Gasteiger partial charge in [0.25, 0.3) is 0 Å². The van der Waals surface area contributed by atoms with Gasteiger partial charge >= 0.3 is 0 Å². The van der Waals surface area contributed by atoms with Crippen molar-refractivity contribution in [3.05, 3.63) is 18.4 Å². The first-order chi connectivity index (χ1) is 3.84. The van der Waals surface area contributed by atoms with Crippen LogP contribution in [0.3, 0.4) is 0 Å². The largest absolute Gasteiger partial charge is 0.483 e. The van der Waals surface area contributed by atoms with E-state index < -0.39 is 0 Å². The topological polar surface area (TPSA) is 12.5 Å². The first-order valence-corrected chi connectivity index (χ1v) is 2.63. The van der Waals surface area contributed by atoms with Gasteiger partial charge in [0, 0.05) is 20.0 Å². The van der Waals surface area contributed by atoms with Gasteiger partial charge in [0.2, 0.25) is 0 Å². The molecule has 2 nitrogen and oxygen atoms in total. The fraction of sp³-hybridized carbons (Fsp3) is 0.500. The predicted octanol–water partition coefficient (Wildman–Crippen LogP) is 0.624. The van der Waals surface area contributed by atoms with E-state index in [1.54, 1.807) is 7.11 Å². The number of hydrogen-bond donors (Lipinski definition) is 0. The predicted molar refractivity (Wildman–Crippen MR) is 32.0 cm³/mol. The Morgan fingerprint density at radius 3 is 2.75 bits per heavy atom. The minimum Gasteiger partial charge on any atom is -0.483 e. The van der Waals surface area contributed by atoms with E-state index in [4.69, 9.17) is 4.74 Å². The van der Waals surface area contributed by atoms with E-state index in [-0.39, 0.29) is 0 Å². The third-order valence-corrected chi connectivity index (χ3v) is 1.23. The van der Waals surface area contributed by atoms with Crippen molar-refractivity contribution in [1.82, 2.24) is 4.90 Å². The molecule has 0 amide bonds. The van der Waals surface area contributed by atoms with Gasteiger partial charge in [0.1, 0.15) is 0 Å². The van der Waals surface area contributed by atoms with Crippen molar-refractivity contribution in [2.45, 2.75) is 0 Å². The molecular weight excluding hydrogens is 102 g/mol. The zero-order valence-electron chi connectivity index (χ0n) is 5.22. The molecular formula is C6H10NO. The number of hydrogen-bond acceptors (Lipinski definition) is 2. The first kappa shape index (κ1) is 5.48. The van der Waals surface area contributed by atoms with E-state index >= 15 is 0 Å². The van der Waals surface area contributed by atoms with Gasteiger partial charge in [-0.05, 0) is 6.08 Å². The van der Waals surface area contributed by atoms with Gasteiger partial charge in [-0.25, -0.2) is 0 Å². The molecule has 0 aliphatic carbocycles. The van der Waals surface area contributed by atoms with Crippen molar-refractivity contribution in [2.24, 2.45) is 0 Å². The molecule has 0 atom stereocenters. The van der Waals surface area contributed by atoms with Crippen LogP contribution in [0.4, 0.5) is 0 Å². The Bertz CT molecular complexity index is 109. The van der Waals surface area contributed by atoms with E-state index in [1.807, 2.05) is 18.0 Å². The highest BCUT2D eigenvalue weighted by molar-refractivity contribution is 5.09. The lowest BCUT2D eigenvalue weighted by atomic mass is 10.5. The van der Waals surface area contributed by atoms with Gasteiger partial charge in [-0.15, -0.1) is 0 Å². The third kappa shape index (κ3) is 0.782. The summed E-state index contributed by atoms with van der Waals surface area (Å²) in [4.78, 5) is 2.04. The molecule has 0 bridgehead atoms. The molecule has 0 fully saturated rings. The molecule has 0 saturated carbocycles. The van der Waals surface area contributed by atoms with Crippen LogP contribution in [0.2, 0.25) is 0 Å². The summed E-state index contributed by atoms with van der Waals surface area (Å²) >= 11 is 0. The van der Waals surface area contributed by atoms with Gasteiger partial charge in [0.05, 0.1) is 7.11 Å². The Balaban J connectivity index is 2.49. The summed E-state index contributed by atoms with van der Waals surface area (Å²) in [5, 5.41) is 0. The molecule has 0 saturated heterocycles. The Kier molecular flexibility index (Phi) is 1.42. The van der Waals surface area contributed by atoms with E-state index in [9.17, 15) is 0 Å². The molecule has 0 unspecified atom stereocenters. The minimum atomic E-state index is 0.949. The zero-order valence-corrected chi connectivity index (χ0v) is 5.22. The lowest BCUT2D eigenvalue weighted by molar-refractivity contribution is 0.193. The summed E-state index contributed by atoms with van der Waals surface area (Å²) in [6.07, 6.45) is 4.04. The quantitative estimate of drug-likeness (QED) is 0.493. The Morgan fingerprint density at radius 1 is 1.75 bits per heavy atom. The fourth-order valence-electron chi connectivity index (χ4n) is 0.753.